The van der Waals surface area contributed by atoms with Gasteiger partial charge in [0.25, 0.3) is 0 Å². The van der Waals surface area contributed by atoms with Gasteiger partial charge in [-0.05, 0) is 61.7 Å². The molecule has 0 amide bonds. The first-order valence-electron chi connectivity index (χ1n) is 7.64. The Morgan fingerprint density at radius 1 is 1.35 bits per heavy atom. The summed E-state index contributed by atoms with van der Waals surface area (Å²) in [4.78, 5) is 13.6. The van der Waals surface area contributed by atoms with E-state index in [9.17, 15) is 9.90 Å². The summed E-state index contributed by atoms with van der Waals surface area (Å²) in [5, 5.41) is 9.21. The van der Waals surface area contributed by atoms with E-state index in [2.05, 4.69) is 36.2 Å². The molecule has 3 heteroatoms. The van der Waals surface area contributed by atoms with Gasteiger partial charge in [-0.25, -0.2) is 0 Å². The Labute approximate surface area is 120 Å². The van der Waals surface area contributed by atoms with Gasteiger partial charge in [-0.2, -0.15) is 0 Å². The SMILES string of the molecule is CN1CCC(c2ccccc2C(CC(=O)O)C2CC2)C1. The van der Waals surface area contributed by atoms with E-state index in [-0.39, 0.29) is 12.3 Å². The number of carboxylic acids is 1. The maximum atomic E-state index is 11.2. The molecule has 1 N–H and O–H groups in total. The summed E-state index contributed by atoms with van der Waals surface area (Å²) in [6, 6.07) is 8.55. The van der Waals surface area contributed by atoms with Crippen LogP contribution < -0.4 is 0 Å². The molecule has 2 unspecified atom stereocenters. The summed E-state index contributed by atoms with van der Waals surface area (Å²) in [5.41, 5.74) is 2.70. The molecule has 2 fully saturated rings. The lowest BCUT2D eigenvalue weighted by Crippen LogP contribution is -2.16. The van der Waals surface area contributed by atoms with Crippen LogP contribution in [0.3, 0.4) is 0 Å². The summed E-state index contributed by atoms with van der Waals surface area (Å²) < 4.78 is 0. The van der Waals surface area contributed by atoms with Crippen LogP contribution in [0, 0.1) is 5.92 Å². The van der Waals surface area contributed by atoms with Gasteiger partial charge in [0.15, 0.2) is 0 Å². The number of carbonyl (C=O) groups is 1. The molecule has 2 aliphatic rings. The Morgan fingerprint density at radius 2 is 2.10 bits per heavy atom. The molecule has 1 aliphatic carbocycles. The number of hydrogen-bond acceptors (Lipinski definition) is 2. The summed E-state index contributed by atoms with van der Waals surface area (Å²) in [6.07, 6.45) is 3.86. The molecular weight excluding hydrogens is 250 g/mol. The average molecular weight is 273 g/mol. The van der Waals surface area contributed by atoms with E-state index < -0.39 is 5.97 Å². The molecule has 108 valence electrons. The van der Waals surface area contributed by atoms with Gasteiger partial charge in [0, 0.05) is 6.54 Å². The molecular formula is C17H23NO2. The highest BCUT2D eigenvalue weighted by atomic mass is 16.4. The Hall–Kier alpha value is -1.35. The predicted octanol–water partition coefficient (Wildman–Crippen LogP) is 3.07. The largest absolute Gasteiger partial charge is 0.481 e. The van der Waals surface area contributed by atoms with E-state index in [0.29, 0.717) is 11.8 Å². The van der Waals surface area contributed by atoms with Crippen LogP contribution in [-0.4, -0.2) is 36.1 Å². The van der Waals surface area contributed by atoms with E-state index in [1.165, 1.54) is 30.4 Å². The summed E-state index contributed by atoms with van der Waals surface area (Å²) in [6.45, 7) is 2.24. The van der Waals surface area contributed by atoms with Crippen molar-refractivity contribution in [1.29, 1.82) is 0 Å². The number of aliphatic carboxylic acids is 1. The van der Waals surface area contributed by atoms with Crippen molar-refractivity contribution in [2.24, 2.45) is 5.92 Å². The molecule has 3 rings (SSSR count). The van der Waals surface area contributed by atoms with Crippen LogP contribution in [0.4, 0.5) is 0 Å². The van der Waals surface area contributed by atoms with Gasteiger partial charge in [0.2, 0.25) is 0 Å². The number of rotatable bonds is 5. The Balaban J connectivity index is 1.89. The van der Waals surface area contributed by atoms with Crippen molar-refractivity contribution >= 4 is 5.97 Å². The molecule has 0 radical (unpaired) electrons. The number of carboxylic acid groups (broad SMARTS) is 1. The van der Waals surface area contributed by atoms with Gasteiger partial charge in [-0.3, -0.25) is 4.79 Å². The molecule has 1 aromatic rings. The molecule has 20 heavy (non-hydrogen) atoms. The molecule has 3 nitrogen and oxygen atoms in total. The van der Waals surface area contributed by atoms with E-state index in [4.69, 9.17) is 0 Å². The van der Waals surface area contributed by atoms with Crippen LogP contribution in [-0.2, 0) is 4.79 Å². The second kappa shape index (κ2) is 5.57. The topological polar surface area (TPSA) is 40.5 Å². The molecule has 1 saturated heterocycles. The number of hydrogen-bond donors (Lipinski definition) is 1. The van der Waals surface area contributed by atoms with Crippen LogP contribution >= 0.6 is 0 Å². The lowest BCUT2D eigenvalue weighted by molar-refractivity contribution is -0.137. The lowest BCUT2D eigenvalue weighted by Gasteiger charge is -2.22. The lowest BCUT2D eigenvalue weighted by atomic mass is 9.83. The maximum Gasteiger partial charge on any atom is 0.303 e. The zero-order chi connectivity index (χ0) is 14.1. The van der Waals surface area contributed by atoms with Crippen LogP contribution in [0.5, 0.6) is 0 Å². The average Bonchev–Trinajstić information content (AvgIpc) is 3.18. The number of likely N-dealkylation sites (N-methyl/N-ethyl adjacent to an activating group) is 1. The highest BCUT2D eigenvalue weighted by molar-refractivity contribution is 5.68. The molecule has 0 bridgehead atoms. The van der Waals surface area contributed by atoms with Gasteiger partial charge in [-0.15, -0.1) is 0 Å². The summed E-state index contributed by atoms with van der Waals surface area (Å²) in [7, 11) is 2.16. The van der Waals surface area contributed by atoms with Crippen LogP contribution in [0.15, 0.2) is 24.3 Å². The highest BCUT2D eigenvalue weighted by Gasteiger charge is 2.36. The van der Waals surface area contributed by atoms with Crippen molar-refractivity contribution in [3.05, 3.63) is 35.4 Å². The second-order valence-electron chi connectivity index (χ2n) is 6.42. The maximum absolute atomic E-state index is 11.2. The number of likely N-dealkylation sites (tertiary alicyclic amines) is 1. The van der Waals surface area contributed by atoms with Gasteiger partial charge in [-0.1, -0.05) is 24.3 Å². The summed E-state index contributed by atoms with van der Waals surface area (Å²) in [5.74, 6) is 0.715. The van der Waals surface area contributed by atoms with Crippen LogP contribution in [0.1, 0.15) is 48.6 Å². The van der Waals surface area contributed by atoms with Gasteiger partial charge >= 0.3 is 5.97 Å². The van der Waals surface area contributed by atoms with Crippen molar-refractivity contribution in [3.8, 4) is 0 Å². The molecule has 1 aliphatic heterocycles. The first-order valence-corrected chi connectivity index (χ1v) is 7.64. The van der Waals surface area contributed by atoms with Crippen LogP contribution in [0.2, 0.25) is 0 Å². The van der Waals surface area contributed by atoms with Crippen molar-refractivity contribution in [1.82, 2.24) is 4.90 Å². The predicted molar refractivity (Wildman–Crippen MR) is 79.0 cm³/mol. The molecule has 1 aromatic carbocycles. The van der Waals surface area contributed by atoms with E-state index >= 15 is 0 Å². The minimum absolute atomic E-state index is 0.217. The number of nitrogens with zero attached hydrogens (tertiary/aromatic N) is 1. The minimum Gasteiger partial charge on any atom is -0.481 e. The first-order chi connectivity index (χ1) is 9.65. The van der Waals surface area contributed by atoms with Crippen molar-refractivity contribution in [3.63, 3.8) is 0 Å². The van der Waals surface area contributed by atoms with Crippen molar-refractivity contribution in [2.75, 3.05) is 20.1 Å². The van der Waals surface area contributed by atoms with Gasteiger partial charge < -0.3 is 10.0 Å². The zero-order valence-corrected chi connectivity index (χ0v) is 12.1. The standard InChI is InChI=1S/C17H23NO2/c1-18-9-8-13(11-18)14-4-2-3-5-15(14)16(10-17(19)20)12-6-7-12/h2-5,12-13,16H,6-11H2,1H3,(H,19,20). The minimum atomic E-state index is -0.666. The van der Waals surface area contributed by atoms with E-state index in [1.54, 1.807) is 0 Å². The fraction of sp³-hybridized carbons (Fsp3) is 0.588. The fourth-order valence-corrected chi connectivity index (χ4v) is 3.63. The van der Waals surface area contributed by atoms with E-state index in [1.807, 2.05) is 0 Å². The van der Waals surface area contributed by atoms with Crippen molar-refractivity contribution in [2.45, 2.75) is 37.5 Å². The Kier molecular flexibility index (Phi) is 3.79. The third-order valence-electron chi connectivity index (χ3n) is 4.81. The normalized spacial score (nSPS) is 24.8. The molecule has 2 atom stereocenters. The molecule has 1 saturated carbocycles. The third kappa shape index (κ3) is 2.88. The zero-order valence-electron chi connectivity index (χ0n) is 12.1. The highest BCUT2D eigenvalue weighted by Crippen LogP contribution is 2.47. The van der Waals surface area contributed by atoms with Crippen LogP contribution in [0.25, 0.3) is 0 Å². The molecule has 1 heterocycles. The van der Waals surface area contributed by atoms with E-state index in [0.717, 1.165) is 13.1 Å². The molecule has 0 aromatic heterocycles. The quantitative estimate of drug-likeness (QED) is 0.896. The second-order valence-corrected chi connectivity index (χ2v) is 6.42. The number of benzene rings is 1. The van der Waals surface area contributed by atoms with Crippen molar-refractivity contribution < 1.29 is 9.90 Å². The van der Waals surface area contributed by atoms with Gasteiger partial charge in [0.05, 0.1) is 6.42 Å². The monoisotopic (exact) mass is 273 g/mol. The Morgan fingerprint density at radius 3 is 2.70 bits per heavy atom. The molecule has 0 spiro atoms. The smallest absolute Gasteiger partial charge is 0.303 e. The van der Waals surface area contributed by atoms with Gasteiger partial charge in [0.1, 0.15) is 0 Å². The fourth-order valence-electron chi connectivity index (χ4n) is 3.63. The third-order valence-corrected chi connectivity index (χ3v) is 4.81. The Bertz CT molecular complexity index is 496. The first kappa shape index (κ1) is 13.6. The summed E-state index contributed by atoms with van der Waals surface area (Å²) >= 11 is 0.